The van der Waals surface area contributed by atoms with Crippen LogP contribution >= 0.6 is 0 Å². The first-order chi connectivity index (χ1) is 16.8. The van der Waals surface area contributed by atoms with Crippen molar-refractivity contribution in [3.63, 3.8) is 0 Å². The van der Waals surface area contributed by atoms with Gasteiger partial charge in [-0.3, -0.25) is 19.1 Å². The Bertz CT molecular complexity index is 1480. The summed E-state index contributed by atoms with van der Waals surface area (Å²) < 4.78 is 7.22. The molecule has 9 nitrogen and oxygen atoms in total. The molecular weight excluding hydrogens is 446 g/mol. The summed E-state index contributed by atoms with van der Waals surface area (Å²) in [4.78, 5) is 49.8. The number of pyridine rings is 1. The molecule has 0 spiro atoms. The molecule has 0 aliphatic carbocycles. The fraction of sp³-hybridized carbons (Fsp3) is 0.346. The molecule has 0 fully saturated rings. The molecule has 0 radical (unpaired) electrons. The zero-order valence-electron chi connectivity index (χ0n) is 20.3. The van der Waals surface area contributed by atoms with Crippen LogP contribution in [0.5, 0.6) is 0 Å². The smallest absolute Gasteiger partial charge is 0.329 e. The second kappa shape index (κ2) is 10.1. The molecule has 0 aliphatic rings. The van der Waals surface area contributed by atoms with E-state index < -0.39 is 17.2 Å². The number of fused-ring (bicyclic) bond motifs is 1. The van der Waals surface area contributed by atoms with Crippen LogP contribution in [0.1, 0.15) is 60.6 Å². The SMILES string of the molecule is CCCn1c(=O)[nH]c(=O)c2c(C(=O)NCCc3nc(-c4ccccc4)oc3C)cc(C(C)C)nc21. The number of carbonyl (C=O) groups is 1. The van der Waals surface area contributed by atoms with E-state index in [-0.39, 0.29) is 22.5 Å². The lowest BCUT2D eigenvalue weighted by atomic mass is 10.0. The highest BCUT2D eigenvalue weighted by atomic mass is 16.4. The van der Waals surface area contributed by atoms with Crippen LogP contribution in [0.4, 0.5) is 0 Å². The number of oxazole rings is 1. The summed E-state index contributed by atoms with van der Waals surface area (Å²) in [5.74, 6) is 0.821. The molecule has 0 aliphatic heterocycles. The first-order valence-electron chi connectivity index (χ1n) is 11.8. The van der Waals surface area contributed by atoms with Gasteiger partial charge in [0, 0.05) is 30.8 Å². The first-order valence-corrected chi connectivity index (χ1v) is 11.8. The van der Waals surface area contributed by atoms with Crippen LogP contribution in [-0.4, -0.2) is 32.0 Å². The van der Waals surface area contributed by atoms with Crippen LogP contribution in [0.25, 0.3) is 22.5 Å². The summed E-state index contributed by atoms with van der Waals surface area (Å²) >= 11 is 0. The number of H-pyrrole nitrogens is 1. The Hall–Kier alpha value is -4.01. The topological polar surface area (TPSA) is 123 Å². The standard InChI is InChI=1S/C26H29N5O4/c1-5-13-31-22-21(24(33)30-26(31)34)18(14-20(28-22)15(2)3)23(32)27-12-11-19-16(4)35-25(29-19)17-9-7-6-8-10-17/h6-10,14-15H,5,11-13H2,1-4H3,(H,27,32)(H,30,33,34). The number of amides is 1. The molecule has 3 heterocycles. The maximum absolute atomic E-state index is 13.2. The number of aromatic amines is 1. The summed E-state index contributed by atoms with van der Waals surface area (Å²) in [7, 11) is 0. The van der Waals surface area contributed by atoms with Crippen molar-refractivity contribution in [2.45, 2.75) is 53.0 Å². The number of carbonyl (C=O) groups excluding carboxylic acids is 1. The van der Waals surface area contributed by atoms with Crippen LogP contribution in [0, 0.1) is 6.92 Å². The molecule has 3 aromatic heterocycles. The number of aryl methyl sites for hydroxylation is 2. The lowest BCUT2D eigenvalue weighted by Crippen LogP contribution is -2.34. The Morgan fingerprint density at radius 3 is 2.60 bits per heavy atom. The minimum Gasteiger partial charge on any atom is -0.441 e. The molecule has 4 rings (SSSR count). The summed E-state index contributed by atoms with van der Waals surface area (Å²) in [6, 6.07) is 11.2. The van der Waals surface area contributed by atoms with E-state index in [9.17, 15) is 14.4 Å². The molecule has 9 heteroatoms. The van der Waals surface area contributed by atoms with Crippen LogP contribution in [0.2, 0.25) is 0 Å². The second-order valence-corrected chi connectivity index (χ2v) is 8.75. The highest BCUT2D eigenvalue weighted by Crippen LogP contribution is 2.22. The Kier molecular flexibility index (Phi) is 6.95. The monoisotopic (exact) mass is 475 g/mol. The predicted octanol–water partition coefficient (Wildman–Crippen LogP) is 3.55. The van der Waals surface area contributed by atoms with Gasteiger partial charge < -0.3 is 9.73 Å². The molecule has 0 bridgehead atoms. The highest BCUT2D eigenvalue weighted by Gasteiger charge is 2.20. The zero-order valence-corrected chi connectivity index (χ0v) is 20.3. The van der Waals surface area contributed by atoms with Crippen molar-refractivity contribution in [3.05, 3.63) is 79.9 Å². The maximum Gasteiger partial charge on any atom is 0.329 e. The van der Waals surface area contributed by atoms with Crippen molar-refractivity contribution in [2.24, 2.45) is 0 Å². The predicted molar refractivity (Wildman–Crippen MR) is 134 cm³/mol. The lowest BCUT2D eigenvalue weighted by molar-refractivity contribution is 0.0955. The molecule has 0 saturated heterocycles. The third kappa shape index (κ3) is 4.94. The fourth-order valence-corrected chi connectivity index (χ4v) is 3.95. The van der Waals surface area contributed by atoms with Crippen molar-refractivity contribution in [1.29, 1.82) is 0 Å². The number of nitrogens with zero attached hydrogens (tertiary/aromatic N) is 3. The quantitative estimate of drug-likeness (QED) is 0.402. The van der Waals surface area contributed by atoms with Crippen molar-refractivity contribution in [1.82, 2.24) is 24.8 Å². The average Bonchev–Trinajstić information content (AvgIpc) is 3.21. The molecule has 35 heavy (non-hydrogen) atoms. The van der Waals surface area contributed by atoms with Crippen LogP contribution in [-0.2, 0) is 13.0 Å². The maximum atomic E-state index is 13.2. The molecular formula is C26H29N5O4. The van der Waals surface area contributed by atoms with Gasteiger partial charge in [-0.1, -0.05) is 39.0 Å². The summed E-state index contributed by atoms with van der Waals surface area (Å²) in [6.45, 7) is 8.35. The molecule has 0 atom stereocenters. The van der Waals surface area contributed by atoms with Crippen molar-refractivity contribution < 1.29 is 9.21 Å². The molecule has 1 amide bonds. The van der Waals surface area contributed by atoms with E-state index in [0.717, 1.165) is 11.3 Å². The van der Waals surface area contributed by atoms with Gasteiger partial charge in [-0.15, -0.1) is 0 Å². The fourth-order valence-electron chi connectivity index (χ4n) is 3.95. The molecule has 182 valence electrons. The van der Waals surface area contributed by atoms with Crippen molar-refractivity contribution in [2.75, 3.05) is 6.54 Å². The molecule has 1 aromatic carbocycles. The van der Waals surface area contributed by atoms with Crippen molar-refractivity contribution >= 4 is 16.9 Å². The van der Waals surface area contributed by atoms with Crippen LogP contribution < -0.4 is 16.6 Å². The van der Waals surface area contributed by atoms with E-state index in [1.54, 1.807) is 6.07 Å². The molecule has 2 N–H and O–H groups in total. The Labute approximate surface area is 202 Å². The van der Waals surface area contributed by atoms with Crippen LogP contribution in [0.15, 0.2) is 50.4 Å². The normalized spacial score (nSPS) is 11.3. The largest absolute Gasteiger partial charge is 0.441 e. The van der Waals surface area contributed by atoms with E-state index in [4.69, 9.17) is 4.42 Å². The van der Waals surface area contributed by atoms with Gasteiger partial charge in [-0.05, 0) is 37.5 Å². The number of benzene rings is 1. The first kappa shape index (κ1) is 24.1. The number of aromatic nitrogens is 4. The van der Waals surface area contributed by atoms with Gasteiger partial charge in [0.2, 0.25) is 5.89 Å². The van der Waals surface area contributed by atoms with Gasteiger partial charge in [0.05, 0.1) is 16.6 Å². The minimum atomic E-state index is -0.620. The van der Waals surface area contributed by atoms with Gasteiger partial charge in [-0.2, -0.15) is 0 Å². The Morgan fingerprint density at radius 2 is 1.91 bits per heavy atom. The van der Waals surface area contributed by atoms with E-state index in [0.29, 0.717) is 43.3 Å². The van der Waals surface area contributed by atoms with E-state index in [2.05, 4.69) is 20.3 Å². The highest BCUT2D eigenvalue weighted by molar-refractivity contribution is 6.05. The lowest BCUT2D eigenvalue weighted by Gasteiger charge is -2.14. The Balaban J connectivity index is 1.62. The van der Waals surface area contributed by atoms with E-state index in [1.807, 2.05) is 58.0 Å². The average molecular weight is 476 g/mol. The van der Waals surface area contributed by atoms with E-state index >= 15 is 0 Å². The zero-order chi connectivity index (χ0) is 25.1. The molecule has 4 aromatic rings. The molecule has 0 saturated carbocycles. The number of rotatable bonds is 8. The van der Waals surface area contributed by atoms with Gasteiger partial charge >= 0.3 is 5.69 Å². The van der Waals surface area contributed by atoms with Crippen molar-refractivity contribution in [3.8, 4) is 11.5 Å². The number of nitrogens with one attached hydrogen (secondary N) is 2. The van der Waals surface area contributed by atoms with Crippen LogP contribution in [0.3, 0.4) is 0 Å². The van der Waals surface area contributed by atoms with Gasteiger partial charge in [0.15, 0.2) is 5.65 Å². The minimum absolute atomic E-state index is 0.00426. The summed E-state index contributed by atoms with van der Waals surface area (Å²) in [6.07, 6.45) is 1.14. The van der Waals surface area contributed by atoms with Gasteiger partial charge in [0.25, 0.3) is 11.5 Å². The third-order valence-electron chi connectivity index (χ3n) is 5.81. The summed E-state index contributed by atoms with van der Waals surface area (Å²) in [5.41, 5.74) is 1.56. The third-order valence-corrected chi connectivity index (χ3v) is 5.81. The molecule has 0 unspecified atom stereocenters. The van der Waals surface area contributed by atoms with Gasteiger partial charge in [0.1, 0.15) is 5.76 Å². The van der Waals surface area contributed by atoms with Gasteiger partial charge in [-0.25, -0.2) is 14.8 Å². The second-order valence-electron chi connectivity index (χ2n) is 8.75. The number of hydrogen-bond donors (Lipinski definition) is 2. The number of hydrogen-bond acceptors (Lipinski definition) is 6. The summed E-state index contributed by atoms with van der Waals surface area (Å²) in [5, 5.41) is 3.00. The Morgan fingerprint density at radius 1 is 1.17 bits per heavy atom. The van der Waals surface area contributed by atoms with E-state index in [1.165, 1.54) is 4.57 Å².